The van der Waals surface area contributed by atoms with E-state index in [9.17, 15) is 4.79 Å². The van der Waals surface area contributed by atoms with Crippen molar-refractivity contribution >= 4 is 27.9 Å². The zero-order chi connectivity index (χ0) is 22.9. The summed E-state index contributed by atoms with van der Waals surface area (Å²) in [5.74, 6) is 0.922. The summed E-state index contributed by atoms with van der Waals surface area (Å²) in [7, 11) is 2.96. The summed E-state index contributed by atoms with van der Waals surface area (Å²) in [4.78, 5) is 16.3. The SMILES string of the molecule is COC(=O)c1cn(CCNC(=NCc2cc(Br)ccc2OC)NC(C)C2CCCO2)nn1. The number of benzene rings is 1. The average molecular weight is 509 g/mol. The third-order valence-corrected chi connectivity index (χ3v) is 5.60. The predicted octanol–water partition coefficient (Wildman–Crippen LogP) is 2.14. The fourth-order valence-electron chi connectivity index (χ4n) is 3.39. The minimum Gasteiger partial charge on any atom is -0.496 e. The molecule has 0 spiro atoms. The fraction of sp³-hybridized carbons (Fsp3) is 0.524. The van der Waals surface area contributed by atoms with Gasteiger partial charge in [-0.2, -0.15) is 0 Å². The molecule has 2 aromatic rings. The molecule has 0 radical (unpaired) electrons. The molecule has 11 heteroatoms. The standard InChI is InChI=1S/C21H29BrN6O4/c1-14(18-5-4-10-32-18)25-21(24-12-15-11-16(22)6-7-19(15)30-2)23-8-9-28-13-17(26-27-28)20(29)31-3/h6-7,11,13-14,18H,4-5,8-10,12H2,1-3H3,(H2,23,24,25). The fourth-order valence-corrected chi connectivity index (χ4v) is 3.80. The van der Waals surface area contributed by atoms with E-state index in [-0.39, 0.29) is 17.8 Å². The Morgan fingerprint density at radius 3 is 3.00 bits per heavy atom. The number of aliphatic imine (C=N–C) groups is 1. The van der Waals surface area contributed by atoms with E-state index in [0.717, 1.165) is 35.2 Å². The Balaban J connectivity index is 1.66. The minimum absolute atomic E-state index is 0.102. The normalized spacial score (nSPS) is 17.1. The topological polar surface area (TPSA) is 112 Å². The van der Waals surface area contributed by atoms with Crippen molar-refractivity contribution in [3.8, 4) is 5.75 Å². The van der Waals surface area contributed by atoms with Gasteiger partial charge in [-0.05, 0) is 38.0 Å². The highest BCUT2D eigenvalue weighted by Crippen LogP contribution is 2.23. The van der Waals surface area contributed by atoms with Crippen molar-refractivity contribution in [2.24, 2.45) is 4.99 Å². The molecular formula is C21H29BrN6O4. The molecule has 0 bridgehead atoms. The number of rotatable bonds is 9. The summed E-state index contributed by atoms with van der Waals surface area (Å²) < 4.78 is 18.5. The molecule has 1 fully saturated rings. The van der Waals surface area contributed by atoms with E-state index in [1.54, 1.807) is 18.0 Å². The number of halogens is 1. The van der Waals surface area contributed by atoms with E-state index in [2.05, 4.69) is 48.5 Å². The maximum absolute atomic E-state index is 11.5. The molecule has 1 saturated heterocycles. The molecule has 32 heavy (non-hydrogen) atoms. The second kappa shape index (κ2) is 11.8. The second-order valence-corrected chi connectivity index (χ2v) is 8.31. The van der Waals surface area contributed by atoms with Crippen LogP contribution < -0.4 is 15.4 Å². The number of carbonyl (C=O) groups is 1. The average Bonchev–Trinajstić information content (AvgIpc) is 3.49. The first-order valence-electron chi connectivity index (χ1n) is 10.5. The Bertz CT molecular complexity index is 929. The van der Waals surface area contributed by atoms with Crippen molar-refractivity contribution in [2.45, 2.75) is 45.0 Å². The molecule has 0 amide bonds. The smallest absolute Gasteiger partial charge is 0.360 e. The number of hydrogen-bond acceptors (Lipinski definition) is 7. The lowest BCUT2D eigenvalue weighted by Gasteiger charge is -2.23. The molecule has 1 aromatic heterocycles. The van der Waals surface area contributed by atoms with E-state index in [4.69, 9.17) is 14.5 Å². The summed E-state index contributed by atoms with van der Waals surface area (Å²) >= 11 is 3.50. The first-order chi connectivity index (χ1) is 15.5. The highest BCUT2D eigenvalue weighted by Gasteiger charge is 2.23. The van der Waals surface area contributed by atoms with Crippen LogP contribution in [0.1, 0.15) is 35.8 Å². The Hall–Kier alpha value is -2.66. The van der Waals surface area contributed by atoms with Crippen LogP contribution in [-0.2, 0) is 22.6 Å². The van der Waals surface area contributed by atoms with Crippen LogP contribution in [0.2, 0.25) is 0 Å². The monoisotopic (exact) mass is 508 g/mol. The molecule has 1 aromatic carbocycles. The lowest BCUT2D eigenvalue weighted by atomic mass is 10.1. The zero-order valence-electron chi connectivity index (χ0n) is 18.5. The molecular weight excluding hydrogens is 480 g/mol. The van der Waals surface area contributed by atoms with E-state index in [0.29, 0.717) is 25.6 Å². The Kier molecular flexibility index (Phi) is 8.86. The largest absolute Gasteiger partial charge is 0.496 e. The minimum atomic E-state index is -0.513. The van der Waals surface area contributed by atoms with Crippen LogP contribution in [0.15, 0.2) is 33.9 Å². The first-order valence-corrected chi connectivity index (χ1v) is 11.3. The van der Waals surface area contributed by atoms with Crippen molar-refractivity contribution in [3.63, 3.8) is 0 Å². The van der Waals surface area contributed by atoms with Crippen LogP contribution in [0.5, 0.6) is 5.75 Å². The Labute approximate surface area is 195 Å². The molecule has 3 rings (SSSR count). The molecule has 10 nitrogen and oxygen atoms in total. The van der Waals surface area contributed by atoms with Gasteiger partial charge >= 0.3 is 5.97 Å². The quantitative estimate of drug-likeness (QED) is 0.301. The van der Waals surface area contributed by atoms with Crippen molar-refractivity contribution in [1.29, 1.82) is 0 Å². The maximum atomic E-state index is 11.5. The van der Waals surface area contributed by atoms with Crippen LogP contribution >= 0.6 is 15.9 Å². The molecule has 2 atom stereocenters. The van der Waals surface area contributed by atoms with Crippen LogP contribution in [0, 0.1) is 0 Å². The van der Waals surface area contributed by atoms with E-state index in [1.807, 2.05) is 18.2 Å². The molecule has 0 saturated carbocycles. The van der Waals surface area contributed by atoms with Crippen molar-refractivity contribution < 1.29 is 19.0 Å². The summed E-state index contributed by atoms with van der Waals surface area (Å²) in [6, 6.07) is 5.94. The molecule has 174 valence electrons. The van der Waals surface area contributed by atoms with Crippen molar-refractivity contribution in [1.82, 2.24) is 25.6 Å². The number of esters is 1. The molecule has 2 unspecified atom stereocenters. The van der Waals surface area contributed by atoms with E-state index >= 15 is 0 Å². The van der Waals surface area contributed by atoms with Gasteiger partial charge in [-0.1, -0.05) is 21.1 Å². The van der Waals surface area contributed by atoms with Gasteiger partial charge in [0.25, 0.3) is 0 Å². The van der Waals surface area contributed by atoms with Gasteiger partial charge in [0.05, 0.1) is 45.7 Å². The van der Waals surface area contributed by atoms with Gasteiger partial charge in [-0.3, -0.25) is 0 Å². The number of ether oxygens (including phenoxy) is 3. The molecule has 1 aliphatic rings. The summed E-state index contributed by atoms with van der Waals surface area (Å²) in [5.41, 5.74) is 1.14. The van der Waals surface area contributed by atoms with Crippen molar-refractivity contribution in [3.05, 3.63) is 40.1 Å². The van der Waals surface area contributed by atoms with E-state index in [1.165, 1.54) is 7.11 Å². The molecule has 2 heterocycles. The second-order valence-electron chi connectivity index (χ2n) is 7.39. The highest BCUT2D eigenvalue weighted by atomic mass is 79.9. The van der Waals surface area contributed by atoms with Gasteiger partial charge in [0.15, 0.2) is 11.7 Å². The Morgan fingerprint density at radius 1 is 1.44 bits per heavy atom. The van der Waals surface area contributed by atoms with Crippen LogP contribution in [0.25, 0.3) is 0 Å². The number of hydrogen-bond donors (Lipinski definition) is 2. The molecule has 2 N–H and O–H groups in total. The summed E-state index contributed by atoms with van der Waals surface area (Å²) in [5, 5.41) is 14.5. The van der Waals surface area contributed by atoms with Gasteiger partial charge in [0, 0.05) is 23.2 Å². The van der Waals surface area contributed by atoms with Crippen LogP contribution in [-0.4, -0.2) is 66.4 Å². The number of nitrogens with one attached hydrogen (secondary N) is 2. The van der Waals surface area contributed by atoms with Gasteiger partial charge in [-0.25, -0.2) is 14.5 Å². The number of carbonyl (C=O) groups excluding carboxylic acids is 1. The summed E-state index contributed by atoms with van der Waals surface area (Å²) in [6.07, 6.45) is 3.80. The number of guanidine groups is 1. The third kappa shape index (κ3) is 6.67. The first kappa shape index (κ1) is 24.0. The van der Waals surface area contributed by atoms with Gasteiger partial charge in [-0.15, -0.1) is 5.10 Å². The van der Waals surface area contributed by atoms with E-state index < -0.39 is 5.97 Å². The maximum Gasteiger partial charge on any atom is 0.360 e. The number of nitrogens with zero attached hydrogens (tertiary/aromatic N) is 4. The molecule has 1 aliphatic heterocycles. The summed E-state index contributed by atoms with van der Waals surface area (Å²) in [6.45, 7) is 4.35. The third-order valence-electron chi connectivity index (χ3n) is 5.10. The molecule has 0 aliphatic carbocycles. The highest BCUT2D eigenvalue weighted by molar-refractivity contribution is 9.10. The lowest BCUT2D eigenvalue weighted by Crippen LogP contribution is -2.47. The predicted molar refractivity (Wildman–Crippen MR) is 123 cm³/mol. The van der Waals surface area contributed by atoms with Crippen LogP contribution in [0.4, 0.5) is 0 Å². The zero-order valence-corrected chi connectivity index (χ0v) is 20.1. The van der Waals surface area contributed by atoms with Crippen molar-refractivity contribution in [2.75, 3.05) is 27.4 Å². The van der Waals surface area contributed by atoms with Gasteiger partial charge in [0.1, 0.15) is 5.75 Å². The Morgan fingerprint density at radius 2 is 2.28 bits per heavy atom. The van der Waals surface area contributed by atoms with Crippen LogP contribution in [0.3, 0.4) is 0 Å². The number of aromatic nitrogens is 3. The van der Waals surface area contributed by atoms with Gasteiger partial charge in [0.2, 0.25) is 0 Å². The number of methoxy groups -OCH3 is 2. The lowest BCUT2D eigenvalue weighted by molar-refractivity contribution is 0.0594. The van der Waals surface area contributed by atoms with Gasteiger partial charge < -0.3 is 24.8 Å².